The zero-order valence-corrected chi connectivity index (χ0v) is 12.6. The molecule has 110 valence electrons. The molecule has 1 unspecified atom stereocenters. The molecule has 2 heterocycles. The van der Waals surface area contributed by atoms with Crippen LogP contribution in [0.3, 0.4) is 0 Å². The Balaban J connectivity index is 2.09. The third-order valence-electron chi connectivity index (χ3n) is 3.50. The second-order valence-corrected chi connectivity index (χ2v) is 5.65. The molecule has 0 amide bonds. The van der Waals surface area contributed by atoms with E-state index < -0.39 is 0 Å². The highest BCUT2D eigenvalue weighted by Gasteiger charge is 2.31. The van der Waals surface area contributed by atoms with Crippen molar-refractivity contribution in [1.82, 2.24) is 0 Å². The summed E-state index contributed by atoms with van der Waals surface area (Å²) in [6.45, 7) is 0. The first-order valence-corrected chi connectivity index (χ1v) is 7.50. The van der Waals surface area contributed by atoms with Gasteiger partial charge in [0.2, 0.25) is 0 Å². The molecule has 1 aromatic carbocycles. The fraction of sp³-hybridized carbons (Fsp3) is 0.118. The number of nitriles is 1. The SMILES string of the molecule is COc1ccc(C2C(c3cccs3)=COC(O)=C2C#N)cc1. The van der Waals surface area contributed by atoms with Gasteiger partial charge in [-0.2, -0.15) is 5.26 Å². The molecule has 4 nitrogen and oxygen atoms in total. The molecule has 5 heteroatoms. The molecule has 0 aliphatic carbocycles. The highest BCUT2D eigenvalue weighted by atomic mass is 32.1. The molecule has 0 fully saturated rings. The zero-order chi connectivity index (χ0) is 15.5. The van der Waals surface area contributed by atoms with Crippen molar-refractivity contribution in [2.24, 2.45) is 0 Å². The van der Waals surface area contributed by atoms with Crippen LogP contribution in [-0.4, -0.2) is 12.2 Å². The van der Waals surface area contributed by atoms with E-state index in [1.54, 1.807) is 18.4 Å². The summed E-state index contributed by atoms with van der Waals surface area (Å²) in [5, 5.41) is 21.3. The van der Waals surface area contributed by atoms with Gasteiger partial charge in [-0.15, -0.1) is 11.3 Å². The average Bonchev–Trinajstić information content (AvgIpc) is 3.09. The normalized spacial score (nSPS) is 17.5. The van der Waals surface area contributed by atoms with E-state index in [2.05, 4.69) is 6.07 Å². The van der Waals surface area contributed by atoms with Gasteiger partial charge in [-0.3, -0.25) is 0 Å². The second kappa shape index (κ2) is 5.96. The first-order chi connectivity index (χ1) is 10.7. The molecule has 1 aliphatic rings. The van der Waals surface area contributed by atoms with Gasteiger partial charge >= 0.3 is 0 Å². The standard InChI is InChI=1S/C17H13NO3S/c1-20-12-6-4-11(5-7-12)16-13(9-18)17(19)21-10-14(16)15-3-2-8-22-15/h2-8,10,16,19H,1H3. The highest BCUT2D eigenvalue weighted by molar-refractivity contribution is 7.11. The summed E-state index contributed by atoms with van der Waals surface area (Å²) in [4.78, 5) is 1.00. The van der Waals surface area contributed by atoms with Crippen molar-refractivity contribution in [3.05, 3.63) is 70.0 Å². The maximum Gasteiger partial charge on any atom is 0.296 e. The molecule has 2 aromatic rings. The Morgan fingerprint density at radius 1 is 1.27 bits per heavy atom. The van der Waals surface area contributed by atoms with Crippen molar-refractivity contribution in [2.45, 2.75) is 5.92 Å². The van der Waals surface area contributed by atoms with Gasteiger partial charge < -0.3 is 14.6 Å². The number of hydrogen-bond donors (Lipinski definition) is 1. The molecule has 0 saturated carbocycles. The van der Waals surface area contributed by atoms with Crippen molar-refractivity contribution in [1.29, 1.82) is 5.26 Å². The third-order valence-corrected chi connectivity index (χ3v) is 4.42. The predicted octanol–water partition coefficient (Wildman–Crippen LogP) is 4.20. The lowest BCUT2D eigenvalue weighted by Crippen LogP contribution is -2.12. The number of benzene rings is 1. The molecule has 1 aromatic heterocycles. The summed E-state index contributed by atoms with van der Waals surface area (Å²) in [5.74, 6) is 0.0381. The van der Waals surface area contributed by atoms with Crippen LogP contribution in [0, 0.1) is 11.3 Å². The van der Waals surface area contributed by atoms with Gasteiger partial charge in [0.15, 0.2) is 0 Å². The van der Waals surface area contributed by atoms with Gasteiger partial charge in [-0.25, -0.2) is 0 Å². The quantitative estimate of drug-likeness (QED) is 0.922. The van der Waals surface area contributed by atoms with Gasteiger partial charge in [0, 0.05) is 10.5 Å². The number of hydrogen-bond acceptors (Lipinski definition) is 5. The van der Waals surface area contributed by atoms with Crippen LogP contribution in [0.15, 0.2) is 59.6 Å². The van der Waals surface area contributed by atoms with Crippen LogP contribution in [-0.2, 0) is 4.74 Å². The molecular weight excluding hydrogens is 298 g/mol. The van der Waals surface area contributed by atoms with Crippen molar-refractivity contribution >= 4 is 16.9 Å². The van der Waals surface area contributed by atoms with Crippen molar-refractivity contribution < 1.29 is 14.6 Å². The van der Waals surface area contributed by atoms with E-state index in [1.807, 2.05) is 41.8 Å². The van der Waals surface area contributed by atoms with E-state index in [4.69, 9.17) is 9.47 Å². The molecule has 3 rings (SSSR count). The van der Waals surface area contributed by atoms with E-state index in [-0.39, 0.29) is 17.4 Å². The minimum atomic E-state index is -0.358. The van der Waals surface area contributed by atoms with Gasteiger partial charge in [0.1, 0.15) is 23.7 Å². The summed E-state index contributed by atoms with van der Waals surface area (Å²) < 4.78 is 10.3. The molecule has 1 atom stereocenters. The second-order valence-electron chi connectivity index (χ2n) is 4.71. The Bertz CT molecular complexity index is 767. The number of allylic oxidation sites excluding steroid dienone is 2. The number of thiophene rings is 1. The molecule has 0 saturated heterocycles. The Labute approximate surface area is 132 Å². The number of aliphatic hydroxyl groups excluding tert-OH is 1. The Morgan fingerprint density at radius 3 is 2.64 bits per heavy atom. The van der Waals surface area contributed by atoms with Gasteiger partial charge in [-0.1, -0.05) is 18.2 Å². The fourth-order valence-corrected chi connectivity index (χ4v) is 3.19. The number of ether oxygens (including phenoxy) is 2. The molecule has 0 radical (unpaired) electrons. The summed E-state index contributed by atoms with van der Waals surface area (Å²) in [6.07, 6.45) is 1.51. The monoisotopic (exact) mass is 311 g/mol. The van der Waals surface area contributed by atoms with Crippen LogP contribution >= 0.6 is 11.3 Å². The number of nitrogens with zero attached hydrogens (tertiary/aromatic N) is 1. The number of aliphatic hydroxyl groups is 1. The molecule has 22 heavy (non-hydrogen) atoms. The lowest BCUT2D eigenvalue weighted by molar-refractivity contribution is 0.159. The summed E-state index contributed by atoms with van der Waals surface area (Å²) in [5.41, 5.74) is 1.96. The van der Waals surface area contributed by atoms with Crippen LogP contribution in [0.4, 0.5) is 0 Å². The summed E-state index contributed by atoms with van der Waals surface area (Å²) in [6, 6.07) is 13.4. The van der Waals surface area contributed by atoms with Crippen LogP contribution in [0.1, 0.15) is 16.4 Å². The van der Waals surface area contributed by atoms with Crippen LogP contribution in [0.5, 0.6) is 5.75 Å². The van der Waals surface area contributed by atoms with E-state index in [9.17, 15) is 10.4 Å². The first kappa shape index (κ1) is 14.2. The van der Waals surface area contributed by atoms with Crippen LogP contribution in [0.25, 0.3) is 5.57 Å². The number of methoxy groups -OCH3 is 1. The van der Waals surface area contributed by atoms with Crippen LogP contribution in [0.2, 0.25) is 0 Å². The Kier molecular flexibility index (Phi) is 3.86. The maximum atomic E-state index is 9.89. The van der Waals surface area contributed by atoms with Crippen molar-refractivity contribution in [3.63, 3.8) is 0 Å². The summed E-state index contributed by atoms with van der Waals surface area (Å²) >= 11 is 1.56. The molecule has 1 N–H and O–H groups in total. The fourth-order valence-electron chi connectivity index (χ4n) is 2.43. The lowest BCUT2D eigenvalue weighted by Gasteiger charge is -2.23. The van der Waals surface area contributed by atoms with Gasteiger partial charge in [0.05, 0.1) is 13.0 Å². The van der Waals surface area contributed by atoms with E-state index in [1.165, 1.54) is 6.26 Å². The highest BCUT2D eigenvalue weighted by Crippen LogP contribution is 2.43. The van der Waals surface area contributed by atoms with Gasteiger partial charge in [-0.05, 0) is 29.1 Å². The smallest absolute Gasteiger partial charge is 0.296 e. The third kappa shape index (κ3) is 2.45. The average molecular weight is 311 g/mol. The largest absolute Gasteiger partial charge is 0.497 e. The number of rotatable bonds is 3. The van der Waals surface area contributed by atoms with Crippen molar-refractivity contribution in [2.75, 3.05) is 7.11 Å². The molecular formula is C17H13NO3S. The minimum absolute atomic E-state index is 0.205. The Hall–Kier alpha value is -2.71. The van der Waals surface area contributed by atoms with Gasteiger partial charge in [0.25, 0.3) is 5.95 Å². The van der Waals surface area contributed by atoms with E-state index in [0.29, 0.717) is 0 Å². The predicted molar refractivity (Wildman–Crippen MR) is 84.4 cm³/mol. The maximum absolute atomic E-state index is 9.89. The van der Waals surface area contributed by atoms with Crippen molar-refractivity contribution in [3.8, 4) is 11.8 Å². The zero-order valence-electron chi connectivity index (χ0n) is 11.8. The molecule has 1 aliphatic heterocycles. The molecule has 0 spiro atoms. The van der Waals surface area contributed by atoms with E-state index in [0.717, 1.165) is 21.8 Å². The minimum Gasteiger partial charge on any atom is -0.497 e. The van der Waals surface area contributed by atoms with Crippen LogP contribution < -0.4 is 4.74 Å². The first-order valence-electron chi connectivity index (χ1n) is 6.62. The van der Waals surface area contributed by atoms with E-state index >= 15 is 0 Å². The summed E-state index contributed by atoms with van der Waals surface area (Å²) in [7, 11) is 1.60. The Morgan fingerprint density at radius 2 is 2.05 bits per heavy atom. The topological polar surface area (TPSA) is 62.5 Å². The lowest BCUT2D eigenvalue weighted by atomic mass is 9.84. The molecule has 0 bridgehead atoms.